The molecule has 0 spiro atoms. The number of nitrogens with zero attached hydrogens (tertiary/aromatic N) is 1. The van der Waals surface area contributed by atoms with Crippen LogP contribution in [0.3, 0.4) is 0 Å². The topological polar surface area (TPSA) is 96.0 Å². The predicted octanol–water partition coefficient (Wildman–Crippen LogP) is 10.8. The van der Waals surface area contributed by atoms with Crippen molar-refractivity contribution in [2.75, 3.05) is 26.0 Å². The predicted molar refractivity (Wildman–Crippen MR) is 193 cm³/mol. The molecule has 0 radical (unpaired) electrons. The molecule has 0 aliphatic carbocycles. The van der Waals surface area contributed by atoms with Crippen molar-refractivity contribution in [2.45, 2.75) is 142 Å². The van der Waals surface area contributed by atoms with Gasteiger partial charge in [0.15, 0.2) is 6.61 Å². The molecule has 0 fully saturated rings. The molecule has 0 aliphatic rings. The van der Waals surface area contributed by atoms with Crippen LogP contribution < -0.4 is 14.8 Å². The van der Waals surface area contributed by atoms with Crippen molar-refractivity contribution in [1.82, 2.24) is 10.3 Å². The van der Waals surface area contributed by atoms with Crippen LogP contribution >= 0.6 is 7.60 Å². The third-order valence-electron chi connectivity index (χ3n) is 8.26. The Morgan fingerprint density at radius 3 is 1.94 bits per heavy atom. The number of nitrogens with one attached hydrogen (secondary N) is 1. The van der Waals surface area contributed by atoms with E-state index >= 15 is 0 Å². The number of unbranched alkanes of at least 4 members (excludes halogenated alkanes) is 12. The Morgan fingerprint density at radius 1 is 0.800 bits per heavy atom. The number of rotatable bonds is 29. The van der Waals surface area contributed by atoms with Gasteiger partial charge in [0.25, 0.3) is 0 Å². The molecule has 1 heterocycles. The third kappa shape index (κ3) is 20.9. The van der Waals surface area contributed by atoms with E-state index in [1.165, 1.54) is 82.5 Å². The fourth-order valence-electron chi connectivity index (χ4n) is 5.66. The van der Waals surface area contributed by atoms with E-state index in [0.29, 0.717) is 30.7 Å². The lowest BCUT2D eigenvalue weighted by molar-refractivity contribution is -0.153. The first-order valence-electron chi connectivity index (χ1n) is 18.6. The van der Waals surface area contributed by atoms with E-state index in [1.54, 1.807) is 26.0 Å². The molecule has 8 nitrogen and oxygen atoms in total. The summed E-state index contributed by atoms with van der Waals surface area (Å²) in [6.45, 7) is 5.01. The summed E-state index contributed by atoms with van der Waals surface area (Å²) in [7, 11) is -3.28. The van der Waals surface area contributed by atoms with Gasteiger partial charge in [-0.2, -0.15) is 13.2 Å². The average Bonchev–Trinajstić information content (AvgIpc) is 3.08. The van der Waals surface area contributed by atoms with Crippen LogP contribution in [0.2, 0.25) is 0 Å². The SMILES string of the molecule is CCCCCCCCCCCCCCCC(=O)NC(CCP(=O)(OCC)OCC)Cc1ccc(OCc2cc(OCC(F)(F)F)ccn2)cc1. The Labute approximate surface area is 298 Å². The highest BCUT2D eigenvalue weighted by molar-refractivity contribution is 7.53. The van der Waals surface area contributed by atoms with Crippen LogP contribution in [0.25, 0.3) is 0 Å². The summed E-state index contributed by atoms with van der Waals surface area (Å²) in [4.78, 5) is 17.1. The number of hydrogen-bond donors (Lipinski definition) is 1. The van der Waals surface area contributed by atoms with Gasteiger partial charge in [0.2, 0.25) is 5.91 Å². The Hall–Kier alpha value is -2.62. The zero-order chi connectivity index (χ0) is 36.5. The van der Waals surface area contributed by atoms with Gasteiger partial charge in [0.1, 0.15) is 18.1 Å². The second-order valence-electron chi connectivity index (χ2n) is 12.7. The van der Waals surface area contributed by atoms with Crippen LogP contribution in [0.5, 0.6) is 11.5 Å². The quantitative estimate of drug-likeness (QED) is 0.0658. The van der Waals surface area contributed by atoms with Crippen molar-refractivity contribution in [1.29, 1.82) is 0 Å². The molecular weight excluding hydrogens is 668 g/mol. The molecule has 0 bridgehead atoms. The van der Waals surface area contributed by atoms with E-state index < -0.39 is 20.4 Å². The molecule has 50 heavy (non-hydrogen) atoms. The Bertz CT molecular complexity index is 1220. The highest BCUT2D eigenvalue weighted by Gasteiger charge is 2.28. The molecule has 0 saturated heterocycles. The van der Waals surface area contributed by atoms with Crippen LogP contribution in [-0.2, 0) is 31.4 Å². The fourth-order valence-corrected chi connectivity index (χ4v) is 7.40. The number of aromatic nitrogens is 1. The van der Waals surface area contributed by atoms with Crippen LogP contribution in [0.1, 0.15) is 128 Å². The van der Waals surface area contributed by atoms with Crippen LogP contribution in [0.4, 0.5) is 13.2 Å². The summed E-state index contributed by atoms with van der Waals surface area (Å²) in [5.41, 5.74) is 1.37. The zero-order valence-corrected chi connectivity index (χ0v) is 31.3. The number of alkyl halides is 3. The minimum absolute atomic E-state index is 0.0189. The van der Waals surface area contributed by atoms with Crippen molar-refractivity contribution in [3.8, 4) is 11.5 Å². The van der Waals surface area contributed by atoms with Crippen molar-refractivity contribution < 1.29 is 41.1 Å². The third-order valence-corrected chi connectivity index (χ3v) is 10.4. The zero-order valence-electron chi connectivity index (χ0n) is 30.4. The molecule has 1 N–H and O–H groups in total. The van der Waals surface area contributed by atoms with Crippen molar-refractivity contribution in [3.05, 3.63) is 53.9 Å². The largest absolute Gasteiger partial charge is 0.487 e. The van der Waals surface area contributed by atoms with Crippen molar-refractivity contribution in [3.63, 3.8) is 0 Å². The molecule has 1 atom stereocenters. The number of pyridine rings is 1. The lowest BCUT2D eigenvalue weighted by Crippen LogP contribution is -2.37. The minimum atomic E-state index is -4.43. The van der Waals surface area contributed by atoms with E-state index in [1.807, 2.05) is 12.1 Å². The highest BCUT2D eigenvalue weighted by Crippen LogP contribution is 2.48. The number of hydrogen-bond acceptors (Lipinski definition) is 7. The van der Waals surface area contributed by atoms with Gasteiger partial charge in [0.05, 0.1) is 25.1 Å². The summed E-state index contributed by atoms with van der Waals surface area (Å²) >= 11 is 0. The van der Waals surface area contributed by atoms with Gasteiger partial charge >= 0.3 is 13.8 Å². The summed E-state index contributed by atoms with van der Waals surface area (Å²) in [6.07, 6.45) is 14.7. The van der Waals surface area contributed by atoms with Gasteiger partial charge in [0, 0.05) is 24.7 Å². The molecule has 0 aliphatic heterocycles. The molecule has 1 aromatic carbocycles. The first kappa shape index (κ1) is 43.5. The van der Waals surface area contributed by atoms with Gasteiger partial charge < -0.3 is 23.8 Å². The average molecular weight is 729 g/mol. The standard InChI is InChI=1S/C38H60F3N2O6P/c1-4-7-8-9-10-11-12-13-14-15-16-17-18-19-37(44)43-33(25-27-50(45,48-5-2)49-6-3)28-32-20-22-35(23-21-32)46-30-34-29-36(24-26-42-34)47-31-38(39,40)41/h20-24,26,29,33H,4-19,25,27-28,30-31H2,1-3H3,(H,43,44). The summed E-state index contributed by atoms with van der Waals surface area (Å²) in [5, 5.41) is 3.16. The lowest BCUT2D eigenvalue weighted by Gasteiger charge is -2.22. The number of carbonyl (C=O) groups is 1. The Morgan fingerprint density at radius 2 is 1.38 bits per heavy atom. The molecule has 2 aromatic rings. The van der Waals surface area contributed by atoms with E-state index in [2.05, 4.69) is 17.2 Å². The number of ether oxygens (including phenoxy) is 2. The first-order valence-corrected chi connectivity index (χ1v) is 20.3. The molecule has 284 valence electrons. The van der Waals surface area contributed by atoms with E-state index in [0.717, 1.165) is 24.8 Å². The lowest BCUT2D eigenvalue weighted by atomic mass is 10.0. The Balaban J connectivity index is 1.84. The molecule has 1 unspecified atom stereocenters. The van der Waals surface area contributed by atoms with Crippen LogP contribution in [-0.4, -0.2) is 49.1 Å². The fraction of sp³-hybridized carbons (Fsp3) is 0.684. The molecule has 0 saturated carbocycles. The number of amides is 1. The second kappa shape index (κ2) is 25.4. The normalized spacial score (nSPS) is 12.5. The van der Waals surface area contributed by atoms with Gasteiger partial charge in [-0.05, 0) is 56.9 Å². The molecule has 2 rings (SSSR count). The van der Waals surface area contributed by atoms with Crippen LogP contribution in [0.15, 0.2) is 42.6 Å². The minimum Gasteiger partial charge on any atom is -0.487 e. The van der Waals surface area contributed by atoms with Crippen molar-refractivity contribution in [2.24, 2.45) is 0 Å². The Kier molecular flexibility index (Phi) is 22.1. The highest BCUT2D eigenvalue weighted by atomic mass is 31.2. The maximum atomic E-state index is 13.2. The summed E-state index contributed by atoms with van der Waals surface area (Å²) < 4.78 is 72.2. The van der Waals surface area contributed by atoms with E-state index in [4.69, 9.17) is 18.5 Å². The first-order chi connectivity index (χ1) is 24.1. The molecule has 1 aromatic heterocycles. The molecule has 12 heteroatoms. The maximum absolute atomic E-state index is 13.2. The van der Waals surface area contributed by atoms with Gasteiger partial charge in [-0.1, -0.05) is 96.1 Å². The second-order valence-corrected chi connectivity index (χ2v) is 14.9. The molecular formula is C38H60F3N2O6P. The van der Waals surface area contributed by atoms with Gasteiger partial charge in [-0.25, -0.2) is 0 Å². The number of halogens is 3. The monoisotopic (exact) mass is 728 g/mol. The number of carbonyl (C=O) groups excluding carboxylic acids is 1. The summed E-state index contributed by atoms with van der Waals surface area (Å²) in [6, 6.07) is 9.86. The number of benzene rings is 1. The maximum Gasteiger partial charge on any atom is 0.422 e. The molecule has 1 amide bonds. The van der Waals surface area contributed by atoms with Crippen LogP contribution in [0, 0.1) is 0 Å². The summed E-state index contributed by atoms with van der Waals surface area (Å²) in [5.74, 6) is 0.596. The van der Waals surface area contributed by atoms with Crippen molar-refractivity contribution >= 4 is 13.5 Å². The van der Waals surface area contributed by atoms with E-state index in [9.17, 15) is 22.5 Å². The van der Waals surface area contributed by atoms with Gasteiger partial charge in [-0.15, -0.1) is 0 Å². The van der Waals surface area contributed by atoms with E-state index in [-0.39, 0.29) is 43.7 Å². The van der Waals surface area contributed by atoms with Gasteiger partial charge in [-0.3, -0.25) is 14.3 Å². The smallest absolute Gasteiger partial charge is 0.422 e.